The van der Waals surface area contributed by atoms with E-state index in [4.69, 9.17) is 15.7 Å². The standard InChI is InChI=1S/C15H19N3O2/c1-20-12-6-4-5-11(10-16)14(12)18-13(19)9-15(17)7-2-3-8-15/h4-6H,2-3,7-9,17H2,1H3,(H,18,19). The van der Waals surface area contributed by atoms with E-state index in [-0.39, 0.29) is 12.3 Å². The molecule has 0 heterocycles. The van der Waals surface area contributed by atoms with Crippen LogP contribution in [0.4, 0.5) is 5.69 Å². The Morgan fingerprint density at radius 3 is 2.80 bits per heavy atom. The normalized spacial score (nSPS) is 16.4. The van der Waals surface area contributed by atoms with Crippen molar-refractivity contribution in [3.05, 3.63) is 23.8 Å². The first-order valence-corrected chi connectivity index (χ1v) is 6.74. The van der Waals surface area contributed by atoms with E-state index >= 15 is 0 Å². The number of hydrogen-bond acceptors (Lipinski definition) is 4. The van der Waals surface area contributed by atoms with E-state index in [1.165, 1.54) is 7.11 Å². The SMILES string of the molecule is COc1cccc(C#N)c1NC(=O)CC1(N)CCCC1. The highest BCUT2D eigenvalue weighted by molar-refractivity contribution is 5.94. The van der Waals surface area contributed by atoms with Gasteiger partial charge in [0.25, 0.3) is 0 Å². The van der Waals surface area contributed by atoms with Gasteiger partial charge in [0, 0.05) is 12.0 Å². The highest BCUT2D eigenvalue weighted by Crippen LogP contribution is 2.32. The Balaban J connectivity index is 2.13. The first kappa shape index (κ1) is 14.4. The number of carbonyl (C=O) groups excluding carboxylic acids is 1. The molecule has 5 heteroatoms. The first-order valence-electron chi connectivity index (χ1n) is 6.74. The van der Waals surface area contributed by atoms with Crippen molar-refractivity contribution in [2.24, 2.45) is 5.73 Å². The number of ether oxygens (including phenoxy) is 1. The lowest BCUT2D eigenvalue weighted by molar-refractivity contribution is -0.117. The molecule has 1 aliphatic rings. The molecule has 0 aliphatic heterocycles. The van der Waals surface area contributed by atoms with Crippen LogP contribution in [0.3, 0.4) is 0 Å². The van der Waals surface area contributed by atoms with Gasteiger partial charge in [0.05, 0.1) is 12.7 Å². The monoisotopic (exact) mass is 273 g/mol. The van der Waals surface area contributed by atoms with Crippen LogP contribution in [-0.4, -0.2) is 18.6 Å². The predicted octanol–water partition coefficient (Wildman–Crippen LogP) is 2.17. The quantitative estimate of drug-likeness (QED) is 0.880. The Hall–Kier alpha value is -2.06. The number of nitrogens with one attached hydrogen (secondary N) is 1. The number of benzene rings is 1. The molecule has 0 unspecified atom stereocenters. The van der Waals surface area contributed by atoms with Gasteiger partial charge < -0.3 is 15.8 Å². The minimum absolute atomic E-state index is 0.171. The summed E-state index contributed by atoms with van der Waals surface area (Å²) < 4.78 is 5.19. The summed E-state index contributed by atoms with van der Waals surface area (Å²) >= 11 is 0. The van der Waals surface area contributed by atoms with E-state index in [0.29, 0.717) is 17.0 Å². The van der Waals surface area contributed by atoms with E-state index in [9.17, 15) is 4.79 Å². The van der Waals surface area contributed by atoms with Crippen LogP contribution in [0.5, 0.6) is 5.75 Å². The lowest BCUT2D eigenvalue weighted by Gasteiger charge is -2.23. The average molecular weight is 273 g/mol. The Morgan fingerprint density at radius 2 is 2.20 bits per heavy atom. The smallest absolute Gasteiger partial charge is 0.226 e. The Labute approximate surface area is 118 Å². The summed E-state index contributed by atoms with van der Waals surface area (Å²) in [7, 11) is 1.51. The average Bonchev–Trinajstić information content (AvgIpc) is 2.85. The number of rotatable bonds is 4. The fourth-order valence-corrected chi connectivity index (χ4v) is 2.68. The topological polar surface area (TPSA) is 88.1 Å². The summed E-state index contributed by atoms with van der Waals surface area (Å²) in [6.07, 6.45) is 4.16. The van der Waals surface area contributed by atoms with Gasteiger partial charge in [0.15, 0.2) is 0 Å². The number of nitrogens with zero attached hydrogens (tertiary/aromatic N) is 1. The van der Waals surface area contributed by atoms with Crippen LogP contribution < -0.4 is 15.8 Å². The van der Waals surface area contributed by atoms with Crippen LogP contribution in [0, 0.1) is 11.3 Å². The molecule has 20 heavy (non-hydrogen) atoms. The summed E-state index contributed by atoms with van der Waals surface area (Å²) in [5.74, 6) is 0.310. The molecular formula is C15H19N3O2. The zero-order valence-corrected chi connectivity index (χ0v) is 11.6. The number of methoxy groups -OCH3 is 1. The Bertz CT molecular complexity index is 543. The summed E-state index contributed by atoms with van der Waals surface area (Å²) in [6.45, 7) is 0. The van der Waals surface area contributed by atoms with Crippen molar-refractivity contribution in [2.75, 3.05) is 12.4 Å². The number of carbonyl (C=O) groups is 1. The Morgan fingerprint density at radius 1 is 1.50 bits per heavy atom. The fraction of sp³-hybridized carbons (Fsp3) is 0.467. The molecule has 1 fully saturated rings. The van der Waals surface area contributed by atoms with Gasteiger partial charge in [-0.25, -0.2) is 0 Å². The highest BCUT2D eigenvalue weighted by Gasteiger charge is 2.32. The zero-order chi connectivity index (χ0) is 14.6. The molecular weight excluding hydrogens is 254 g/mol. The van der Waals surface area contributed by atoms with Gasteiger partial charge in [0.1, 0.15) is 17.5 Å². The number of nitriles is 1. The molecule has 3 N–H and O–H groups in total. The van der Waals surface area contributed by atoms with Crippen LogP contribution in [0.25, 0.3) is 0 Å². The predicted molar refractivity (Wildman–Crippen MR) is 76.3 cm³/mol. The maximum atomic E-state index is 12.2. The molecule has 0 spiro atoms. The summed E-state index contributed by atoms with van der Waals surface area (Å²) in [4.78, 5) is 12.2. The van der Waals surface area contributed by atoms with Crippen molar-refractivity contribution in [1.82, 2.24) is 0 Å². The van der Waals surface area contributed by atoms with Gasteiger partial charge in [-0.1, -0.05) is 18.9 Å². The summed E-state index contributed by atoms with van der Waals surface area (Å²) in [5.41, 5.74) is 6.60. The fourth-order valence-electron chi connectivity index (χ4n) is 2.68. The lowest BCUT2D eigenvalue weighted by Crippen LogP contribution is -2.40. The second kappa shape index (κ2) is 5.93. The third-order valence-corrected chi connectivity index (χ3v) is 3.74. The van der Waals surface area contributed by atoms with Crippen LogP contribution in [0.15, 0.2) is 18.2 Å². The summed E-state index contributed by atoms with van der Waals surface area (Å²) in [5, 5.41) is 11.9. The molecule has 106 valence electrons. The maximum Gasteiger partial charge on any atom is 0.226 e. The molecule has 1 amide bonds. The number of anilines is 1. The van der Waals surface area contributed by atoms with Crippen molar-refractivity contribution < 1.29 is 9.53 Å². The van der Waals surface area contributed by atoms with Crippen LogP contribution in [0.1, 0.15) is 37.7 Å². The van der Waals surface area contributed by atoms with Crippen LogP contribution in [-0.2, 0) is 4.79 Å². The number of hydrogen-bond donors (Lipinski definition) is 2. The third kappa shape index (κ3) is 3.09. The van der Waals surface area contributed by atoms with E-state index in [2.05, 4.69) is 11.4 Å². The third-order valence-electron chi connectivity index (χ3n) is 3.74. The molecule has 0 atom stereocenters. The van der Waals surface area contributed by atoms with E-state index < -0.39 is 5.54 Å². The molecule has 5 nitrogen and oxygen atoms in total. The van der Waals surface area contributed by atoms with Crippen molar-refractivity contribution in [1.29, 1.82) is 5.26 Å². The highest BCUT2D eigenvalue weighted by atomic mass is 16.5. The second-order valence-electron chi connectivity index (χ2n) is 5.29. The van der Waals surface area contributed by atoms with Gasteiger partial charge in [-0.2, -0.15) is 5.26 Å². The van der Waals surface area contributed by atoms with Crippen molar-refractivity contribution >= 4 is 11.6 Å². The van der Waals surface area contributed by atoms with Crippen molar-refractivity contribution in [3.63, 3.8) is 0 Å². The minimum Gasteiger partial charge on any atom is -0.495 e. The number of nitrogens with two attached hydrogens (primary N) is 1. The lowest BCUT2D eigenvalue weighted by atomic mass is 9.94. The summed E-state index contributed by atoms with van der Waals surface area (Å²) in [6, 6.07) is 7.13. The molecule has 2 rings (SSSR count). The minimum atomic E-state index is -0.404. The molecule has 0 aromatic heterocycles. The van der Waals surface area contributed by atoms with Crippen molar-refractivity contribution in [2.45, 2.75) is 37.6 Å². The maximum absolute atomic E-state index is 12.2. The van der Waals surface area contributed by atoms with Gasteiger partial charge in [-0.15, -0.1) is 0 Å². The molecule has 1 aromatic rings. The molecule has 0 saturated heterocycles. The molecule has 0 radical (unpaired) electrons. The van der Waals surface area contributed by atoms with Crippen molar-refractivity contribution in [3.8, 4) is 11.8 Å². The Kier molecular flexibility index (Phi) is 4.26. The largest absolute Gasteiger partial charge is 0.495 e. The van der Waals surface area contributed by atoms with Crippen LogP contribution in [0.2, 0.25) is 0 Å². The van der Waals surface area contributed by atoms with Gasteiger partial charge in [-0.05, 0) is 25.0 Å². The number of amides is 1. The second-order valence-corrected chi connectivity index (χ2v) is 5.29. The molecule has 1 aromatic carbocycles. The van der Waals surface area contributed by atoms with Gasteiger partial charge in [0.2, 0.25) is 5.91 Å². The van der Waals surface area contributed by atoms with E-state index in [1.807, 2.05) is 0 Å². The van der Waals surface area contributed by atoms with E-state index in [0.717, 1.165) is 25.7 Å². The molecule has 1 saturated carbocycles. The number of para-hydroxylation sites is 1. The van der Waals surface area contributed by atoms with Gasteiger partial charge >= 0.3 is 0 Å². The van der Waals surface area contributed by atoms with E-state index in [1.54, 1.807) is 18.2 Å². The van der Waals surface area contributed by atoms with Gasteiger partial charge in [-0.3, -0.25) is 4.79 Å². The zero-order valence-electron chi connectivity index (χ0n) is 11.6. The molecule has 1 aliphatic carbocycles. The molecule has 0 bridgehead atoms. The van der Waals surface area contributed by atoms with Crippen LogP contribution >= 0.6 is 0 Å². The first-order chi connectivity index (χ1) is 9.58.